The second-order valence-electron chi connectivity index (χ2n) is 2.75. The molecule has 0 radical (unpaired) electrons. The second kappa shape index (κ2) is 4.33. The van der Waals surface area contributed by atoms with Crippen molar-refractivity contribution in [2.24, 2.45) is 0 Å². The average molecular weight is 186 g/mol. The summed E-state index contributed by atoms with van der Waals surface area (Å²) >= 11 is 0. The van der Waals surface area contributed by atoms with E-state index in [4.69, 9.17) is 9.15 Å². The van der Waals surface area contributed by atoms with Gasteiger partial charge in [-0.05, 0) is 24.3 Å². The highest BCUT2D eigenvalue weighted by Gasteiger charge is 1.88. The Labute approximate surface area is 82.4 Å². The molecule has 2 aromatic rings. The molecule has 0 unspecified atom stereocenters. The SMILES string of the molecule is C(=C\c1ccco1)/Oc1ccccc1. The van der Waals surface area contributed by atoms with E-state index in [1.165, 1.54) is 0 Å². The molecular formula is C12H10O2. The molecule has 0 spiro atoms. The summed E-state index contributed by atoms with van der Waals surface area (Å²) in [5.74, 6) is 1.59. The van der Waals surface area contributed by atoms with Gasteiger partial charge in [0.1, 0.15) is 11.5 Å². The van der Waals surface area contributed by atoms with E-state index in [1.54, 1.807) is 18.6 Å². The number of hydrogen-bond donors (Lipinski definition) is 0. The van der Waals surface area contributed by atoms with E-state index in [0.717, 1.165) is 11.5 Å². The predicted octanol–water partition coefficient (Wildman–Crippen LogP) is 3.33. The lowest BCUT2D eigenvalue weighted by Crippen LogP contribution is -1.79. The van der Waals surface area contributed by atoms with E-state index in [1.807, 2.05) is 42.5 Å². The highest BCUT2D eigenvalue weighted by molar-refractivity contribution is 5.41. The fourth-order valence-corrected chi connectivity index (χ4v) is 1.06. The topological polar surface area (TPSA) is 22.4 Å². The molecule has 1 aromatic carbocycles. The van der Waals surface area contributed by atoms with Crippen LogP contribution in [0.15, 0.2) is 59.4 Å². The maximum Gasteiger partial charge on any atom is 0.129 e. The summed E-state index contributed by atoms with van der Waals surface area (Å²) in [7, 11) is 0. The van der Waals surface area contributed by atoms with Gasteiger partial charge in [0.25, 0.3) is 0 Å². The summed E-state index contributed by atoms with van der Waals surface area (Å²) in [5, 5.41) is 0. The first-order chi connectivity index (χ1) is 6.95. The Balaban J connectivity index is 1.95. The van der Waals surface area contributed by atoms with Gasteiger partial charge >= 0.3 is 0 Å². The maximum absolute atomic E-state index is 5.34. The first kappa shape index (κ1) is 8.63. The van der Waals surface area contributed by atoms with E-state index in [9.17, 15) is 0 Å². The third kappa shape index (κ3) is 2.26. The molecular weight excluding hydrogens is 176 g/mol. The molecule has 1 aromatic heterocycles. The van der Waals surface area contributed by atoms with Crippen LogP contribution < -0.4 is 4.74 Å². The Morgan fingerprint density at radius 2 is 1.86 bits per heavy atom. The van der Waals surface area contributed by atoms with Crippen molar-refractivity contribution in [3.8, 4) is 5.75 Å². The maximum atomic E-state index is 5.34. The van der Waals surface area contributed by atoms with Crippen molar-refractivity contribution in [3.05, 3.63) is 60.8 Å². The van der Waals surface area contributed by atoms with Gasteiger partial charge in [-0.2, -0.15) is 0 Å². The van der Waals surface area contributed by atoms with Gasteiger partial charge in [0.05, 0.1) is 12.5 Å². The van der Waals surface area contributed by atoms with Crippen LogP contribution in [-0.4, -0.2) is 0 Å². The fraction of sp³-hybridized carbons (Fsp3) is 0. The lowest BCUT2D eigenvalue weighted by atomic mass is 10.3. The van der Waals surface area contributed by atoms with Gasteiger partial charge in [0.15, 0.2) is 0 Å². The van der Waals surface area contributed by atoms with Gasteiger partial charge in [-0.1, -0.05) is 18.2 Å². The van der Waals surface area contributed by atoms with Crippen molar-refractivity contribution < 1.29 is 9.15 Å². The van der Waals surface area contributed by atoms with Crippen LogP contribution in [0, 0.1) is 0 Å². The minimum Gasteiger partial charge on any atom is -0.465 e. The number of rotatable bonds is 3. The average Bonchev–Trinajstić information content (AvgIpc) is 2.72. The Bertz CT molecular complexity index is 388. The highest BCUT2D eigenvalue weighted by Crippen LogP contribution is 2.09. The van der Waals surface area contributed by atoms with Crippen LogP contribution in [0.1, 0.15) is 5.76 Å². The van der Waals surface area contributed by atoms with E-state index < -0.39 is 0 Å². The number of ether oxygens (including phenoxy) is 1. The standard InChI is InChI=1S/C12H10O2/c1-2-5-11(6-3-1)14-10-8-12-7-4-9-13-12/h1-10H/b10-8+. The normalized spacial score (nSPS) is 10.6. The molecule has 0 aliphatic carbocycles. The van der Waals surface area contributed by atoms with Crippen molar-refractivity contribution in [2.45, 2.75) is 0 Å². The van der Waals surface area contributed by atoms with Gasteiger partial charge in [-0.15, -0.1) is 0 Å². The van der Waals surface area contributed by atoms with E-state index >= 15 is 0 Å². The lowest BCUT2D eigenvalue weighted by Gasteiger charge is -1.96. The van der Waals surface area contributed by atoms with E-state index in [0.29, 0.717) is 0 Å². The molecule has 70 valence electrons. The van der Waals surface area contributed by atoms with Crippen LogP contribution in [0.3, 0.4) is 0 Å². The molecule has 1 heterocycles. The van der Waals surface area contributed by atoms with Crippen molar-refractivity contribution >= 4 is 6.08 Å². The lowest BCUT2D eigenvalue weighted by molar-refractivity contribution is 0.482. The smallest absolute Gasteiger partial charge is 0.129 e. The molecule has 0 aliphatic rings. The number of hydrogen-bond acceptors (Lipinski definition) is 2. The largest absolute Gasteiger partial charge is 0.465 e. The predicted molar refractivity (Wildman–Crippen MR) is 54.8 cm³/mol. The molecule has 0 saturated carbocycles. The summed E-state index contributed by atoms with van der Waals surface area (Å²) in [6.07, 6.45) is 5.00. The summed E-state index contributed by atoms with van der Waals surface area (Å²) in [6, 6.07) is 13.3. The minimum absolute atomic E-state index is 0.779. The van der Waals surface area contributed by atoms with Crippen LogP contribution >= 0.6 is 0 Å². The van der Waals surface area contributed by atoms with Gasteiger partial charge in [0, 0.05) is 6.08 Å². The molecule has 0 bridgehead atoms. The zero-order chi connectivity index (χ0) is 9.64. The van der Waals surface area contributed by atoms with E-state index in [-0.39, 0.29) is 0 Å². The van der Waals surface area contributed by atoms with Crippen LogP contribution in [-0.2, 0) is 0 Å². The molecule has 2 rings (SSSR count). The number of furan rings is 1. The van der Waals surface area contributed by atoms with Crippen molar-refractivity contribution in [3.63, 3.8) is 0 Å². The van der Waals surface area contributed by atoms with Crippen LogP contribution in [0.2, 0.25) is 0 Å². The molecule has 0 fully saturated rings. The Morgan fingerprint density at radius 3 is 2.57 bits per heavy atom. The first-order valence-electron chi connectivity index (χ1n) is 4.37. The van der Waals surface area contributed by atoms with E-state index in [2.05, 4.69) is 0 Å². The Morgan fingerprint density at radius 1 is 1.00 bits per heavy atom. The molecule has 0 N–H and O–H groups in total. The van der Waals surface area contributed by atoms with Gasteiger partial charge in [-0.25, -0.2) is 0 Å². The van der Waals surface area contributed by atoms with Gasteiger partial charge in [0.2, 0.25) is 0 Å². The molecule has 2 nitrogen and oxygen atoms in total. The first-order valence-corrected chi connectivity index (χ1v) is 4.37. The fourth-order valence-electron chi connectivity index (χ4n) is 1.06. The summed E-state index contributed by atoms with van der Waals surface area (Å²) in [6.45, 7) is 0. The summed E-state index contributed by atoms with van der Waals surface area (Å²) < 4.78 is 10.4. The Hall–Kier alpha value is -1.96. The molecule has 0 atom stereocenters. The highest BCUT2D eigenvalue weighted by atomic mass is 16.5. The monoisotopic (exact) mass is 186 g/mol. The molecule has 14 heavy (non-hydrogen) atoms. The van der Waals surface area contributed by atoms with Gasteiger partial charge in [-0.3, -0.25) is 0 Å². The van der Waals surface area contributed by atoms with Crippen molar-refractivity contribution in [1.82, 2.24) is 0 Å². The summed E-state index contributed by atoms with van der Waals surface area (Å²) in [5.41, 5.74) is 0. The van der Waals surface area contributed by atoms with Crippen molar-refractivity contribution in [2.75, 3.05) is 0 Å². The number of benzene rings is 1. The number of para-hydroxylation sites is 1. The van der Waals surface area contributed by atoms with Crippen LogP contribution in [0.5, 0.6) is 5.75 Å². The molecule has 0 aliphatic heterocycles. The zero-order valence-corrected chi connectivity index (χ0v) is 7.59. The van der Waals surface area contributed by atoms with Crippen LogP contribution in [0.4, 0.5) is 0 Å². The summed E-state index contributed by atoms with van der Waals surface area (Å²) in [4.78, 5) is 0. The molecule has 0 amide bonds. The molecule has 0 saturated heterocycles. The third-order valence-electron chi connectivity index (χ3n) is 1.72. The zero-order valence-electron chi connectivity index (χ0n) is 7.59. The van der Waals surface area contributed by atoms with Gasteiger partial charge < -0.3 is 9.15 Å². The van der Waals surface area contributed by atoms with Crippen molar-refractivity contribution in [1.29, 1.82) is 0 Å². The molecule has 2 heteroatoms. The minimum atomic E-state index is 0.779. The second-order valence-corrected chi connectivity index (χ2v) is 2.75. The third-order valence-corrected chi connectivity index (χ3v) is 1.72. The quantitative estimate of drug-likeness (QED) is 0.686. The Kier molecular flexibility index (Phi) is 2.67. The van der Waals surface area contributed by atoms with Crippen LogP contribution in [0.25, 0.3) is 6.08 Å².